The fourth-order valence-electron chi connectivity index (χ4n) is 2.22. The van der Waals surface area contributed by atoms with Crippen LogP contribution in [0.15, 0.2) is 0 Å². The molecular weight excluding hydrogens is 232 g/mol. The van der Waals surface area contributed by atoms with E-state index in [4.69, 9.17) is 9.84 Å². The van der Waals surface area contributed by atoms with Crippen LogP contribution >= 0.6 is 0 Å². The standard InChI is InChI=1S/C13H26N2O3/c1-3-14-10-11(2)13(17)15-6-4-12(5-7-15)18-9-8-16/h11-12,14,16H,3-10H2,1-2H3. The lowest BCUT2D eigenvalue weighted by atomic mass is 10.0. The number of carbonyl (C=O) groups excluding carboxylic acids is 1. The van der Waals surface area contributed by atoms with Gasteiger partial charge in [-0.1, -0.05) is 13.8 Å². The number of aliphatic hydroxyl groups is 1. The van der Waals surface area contributed by atoms with E-state index >= 15 is 0 Å². The molecule has 0 aliphatic carbocycles. The van der Waals surface area contributed by atoms with Crippen LogP contribution in [0.4, 0.5) is 0 Å². The summed E-state index contributed by atoms with van der Waals surface area (Å²) in [5, 5.41) is 11.9. The van der Waals surface area contributed by atoms with Crippen molar-refractivity contribution in [3.05, 3.63) is 0 Å². The maximum atomic E-state index is 12.1. The first-order chi connectivity index (χ1) is 8.69. The molecule has 2 N–H and O–H groups in total. The monoisotopic (exact) mass is 258 g/mol. The van der Waals surface area contributed by atoms with E-state index in [0.717, 1.165) is 39.0 Å². The molecule has 106 valence electrons. The molecule has 5 heteroatoms. The summed E-state index contributed by atoms with van der Waals surface area (Å²) in [6, 6.07) is 0. The van der Waals surface area contributed by atoms with Gasteiger partial charge in [-0.25, -0.2) is 0 Å². The van der Waals surface area contributed by atoms with Crippen LogP contribution in [-0.2, 0) is 9.53 Å². The van der Waals surface area contributed by atoms with Crippen molar-refractivity contribution >= 4 is 5.91 Å². The molecule has 1 unspecified atom stereocenters. The van der Waals surface area contributed by atoms with Crippen molar-refractivity contribution in [2.24, 2.45) is 5.92 Å². The third-order valence-corrected chi connectivity index (χ3v) is 3.32. The molecule has 0 radical (unpaired) electrons. The average Bonchev–Trinajstić information content (AvgIpc) is 2.42. The van der Waals surface area contributed by atoms with Crippen LogP contribution in [0, 0.1) is 5.92 Å². The molecule has 1 aliphatic heterocycles. The molecule has 0 aromatic rings. The quantitative estimate of drug-likeness (QED) is 0.686. The van der Waals surface area contributed by atoms with Crippen LogP contribution in [0.5, 0.6) is 0 Å². The summed E-state index contributed by atoms with van der Waals surface area (Å²) in [5.74, 6) is 0.274. The maximum absolute atomic E-state index is 12.1. The van der Waals surface area contributed by atoms with Gasteiger partial charge in [-0.2, -0.15) is 0 Å². The number of nitrogens with one attached hydrogen (secondary N) is 1. The predicted octanol–water partition coefficient (Wildman–Crippen LogP) is 0.232. The van der Waals surface area contributed by atoms with Gasteiger partial charge in [0.25, 0.3) is 0 Å². The fraction of sp³-hybridized carbons (Fsp3) is 0.923. The van der Waals surface area contributed by atoms with E-state index in [0.29, 0.717) is 6.61 Å². The van der Waals surface area contributed by atoms with Crippen LogP contribution in [0.25, 0.3) is 0 Å². The maximum Gasteiger partial charge on any atom is 0.226 e. The number of piperidine rings is 1. The summed E-state index contributed by atoms with van der Waals surface area (Å²) in [4.78, 5) is 14.1. The molecule has 0 spiro atoms. The number of hydrogen-bond acceptors (Lipinski definition) is 4. The van der Waals surface area contributed by atoms with E-state index < -0.39 is 0 Å². The Morgan fingerprint density at radius 3 is 2.72 bits per heavy atom. The molecule has 1 rings (SSSR count). The number of amides is 1. The van der Waals surface area contributed by atoms with Crippen LogP contribution in [0.1, 0.15) is 26.7 Å². The third kappa shape index (κ3) is 4.92. The molecule has 1 aliphatic rings. The Labute approximate surface area is 109 Å². The molecule has 1 saturated heterocycles. The van der Waals surface area contributed by atoms with Gasteiger partial charge in [0, 0.05) is 25.6 Å². The summed E-state index contributed by atoms with van der Waals surface area (Å²) in [6.07, 6.45) is 1.95. The Morgan fingerprint density at radius 1 is 1.50 bits per heavy atom. The second-order valence-electron chi connectivity index (χ2n) is 4.83. The number of likely N-dealkylation sites (tertiary alicyclic amines) is 1. The van der Waals surface area contributed by atoms with E-state index in [1.54, 1.807) is 0 Å². The minimum absolute atomic E-state index is 0.0415. The molecular formula is C13H26N2O3. The molecule has 1 heterocycles. The van der Waals surface area contributed by atoms with Crippen LogP contribution in [0.2, 0.25) is 0 Å². The minimum Gasteiger partial charge on any atom is -0.394 e. The zero-order valence-corrected chi connectivity index (χ0v) is 11.5. The van der Waals surface area contributed by atoms with Crippen molar-refractivity contribution in [1.82, 2.24) is 10.2 Å². The minimum atomic E-state index is 0.0415. The zero-order valence-electron chi connectivity index (χ0n) is 11.5. The number of ether oxygens (including phenoxy) is 1. The van der Waals surface area contributed by atoms with Gasteiger partial charge in [0.15, 0.2) is 0 Å². The van der Waals surface area contributed by atoms with Gasteiger partial charge in [-0.3, -0.25) is 4.79 Å². The topological polar surface area (TPSA) is 61.8 Å². The van der Waals surface area contributed by atoms with Gasteiger partial charge in [0.1, 0.15) is 0 Å². The third-order valence-electron chi connectivity index (χ3n) is 3.32. The first-order valence-corrected chi connectivity index (χ1v) is 6.91. The van der Waals surface area contributed by atoms with Gasteiger partial charge in [0.2, 0.25) is 5.91 Å². The normalized spacial score (nSPS) is 18.9. The van der Waals surface area contributed by atoms with Gasteiger partial charge in [0.05, 0.1) is 19.3 Å². The lowest BCUT2D eigenvalue weighted by molar-refractivity contribution is -0.137. The highest BCUT2D eigenvalue weighted by Gasteiger charge is 2.25. The molecule has 0 saturated carbocycles. The largest absolute Gasteiger partial charge is 0.394 e. The molecule has 0 bridgehead atoms. The Balaban J connectivity index is 2.26. The van der Waals surface area contributed by atoms with E-state index in [-0.39, 0.29) is 24.5 Å². The van der Waals surface area contributed by atoms with E-state index in [1.807, 2.05) is 18.7 Å². The second-order valence-corrected chi connectivity index (χ2v) is 4.83. The molecule has 1 fully saturated rings. The van der Waals surface area contributed by atoms with E-state index in [1.165, 1.54) is 0 Å². The van der Waals surface area contributed by atoms with Crippen molar-refractivity contribution < 1.29 is 14.6 Å². The van der Waals surface area contributed by atoms with Crippen LogP contribution in [0.3, 0.4) is 0 Å². The summed E-state index contributed by atoms with van der Waals surface area (Å²) in [6.45, 7) is 7.66. The first kappa shape index (κ1) is 15.4. The van der Waals surface area contributed by atoms with E-state index in [9.17, 15) is 4.79 Å². The van der Waals surface area contributed by atoms with Crippen molar-refractivity contribution in [3.63, 3.8) is 0 Å². The summed E-state index contributed by atoms with van der Waals surface area (Å²) >= 11 is 0. The molecule has 0 aromatic carbocycles. The molecule has 1 atom stereocenters. The molecule has 5 nitrogen and oxygen atoms in total. The van der Waals surface area contributed by atoms with Crippen molar-refractivity contribution in [2.45, 2.75) is 32.8 Å². The van der Waals surface area contributed by atoms with Gasteiger partial charge in [-0.15, -0.1) is 0 Å². The predicted molar refractivity (Wildman–Crippen MR) is 70.3 cm³/mol. The summed E-state index contributed by atoms with van der Waals surface area (Å²) in [7, 11) is 0. The van der Waals surface area contributed by atoms with Gasteiger partial charge >= 0.3 is 0 Å². The second kappa shape index (κ2) is 8.45. The summed E-state index contributed by atoms with van der Waals surface area (Å²) in [5.41, 5.74) is 0. The number of rotatable bonds is 7. The lowest BCUT2D eigenvalue weighted by Gasteiger charge is -2.33. The number of nitrogens with zero attached hydrogens (tertiary/aromatic N) is 1. The molecule has 1 amide bonds. The smallest absolute Gasteiger partial charge is 0.226 e. The number of hydrogen-bond donors (Lipinski definition) is 2. The fourth-order valence-corrected chi connectivity index (χ4v) is 2.22. The Bertz CT molecular complexity index is 240. The highest BCUT2D eigenvalue weighted by molar-refractivity contribution is 5.78. The Kier molecular flexibility index (Phi) is 7.23. The SMILES string of the molecule is CCNCC(C)C(=O)N1CCC(OCCO)CC1. The molecule has 0 aromatic heterocycles. The average molecular weight is 258 g/mol. The van der Waals surface area contributed by atoms with Crippen LogP contribution in [-0.4, -0.2) is 61.4 Å². The number of carbonyl (C=O) groups is 1. The van der Waals surface area contributed by atoms with Gasteiger partial charge < -0.3 is 20.1 Å². The zero-order chi connectivity index (χ0) is 13.4. The first-order valence-electron chi connectivity index (χ1n) is 6.91. The van der Waals surface area contributed by atoms with Crippen molar-refractivity contribution in [2.75, 3.05) is 39.4 Å². The van der Waals surface area contributed by atoms with Crippen molar-refractivity contribution in [1.29, 1.82) is 0 Å². The Morgan fingerprint density at radius 2 is 2.17 bits per heavy atom. The number of aliphatic hydroxyl groups excluding tert-OH is 1. The van der Waals surface area contributed by atoms with Crippen molar-refractivity contribution in [3.8, 4) is 0 Å². The highest BCUT2D eigenvalue weighted by Crippen LogP contribution is 2.15. The van der Waals surface area contributed by atoms with E-state index in [2.05, 4.69) is 5.32 Å². The Hall–Kier alpha value is -0.650. The lowest BCUT2D eigenvalue weighted by Crippen LogP contribution is -2.45. The molecule has 18 heavy (non-hydrogen) atoms. The van der Waals surface area contributed by atoms with Crippen LogP contribution < -0.4 is 5.32 Å². The highest BCUT2D eigenvalue weighted by atomic mass is 16.5. The summed E-state index contributed by atoms with van der Waals surface area (Å²) < 4.78 is 5.49. The van der Waals surface area contributed by atoms with Gasteiger partial charge in [-0.05, 0) is 19.4 Å².